The molecule has 178 valence electrons. The van der Waals surface area contributed by atoms with Gasteiger partial charge >= 0.3 is 6.03 Å². The third-order valence-electron chi connectivity index (χ3n) is 6.67. The van der Waals surface area contributed by atoms with E-state index in [-0.39, 0.29) is 11.9 Å². The summed E-state index contributed by atoms with van der Waals surface area (Å²) in [5, 5.41) is 14.8. The van der Waals surface area contributed by atoms with Crippen LogP contribution in [-0.2, 0) is 4.79 Å². The summed E-state index contributed by atoms with van der Waals surface area (Å²) in [5.74, 6) is -0.0372. The number of nitrogens with zero attached hydrogens (tertiary/aromatic N) is 5. The maximum Gasteiger partial charge on any atom is 0.342 e. The second-order valence-corrected chi connectivity index (χ2v) is 9.10. The van der Waals surface area contributed by atoms with Gasteiger partial charge in [-0.2, -0.15) is 9.78 Å². The van der Waals surface area contributed by atoms with Gasteiger partial charge in [0.25, 0.3) is 5.91 Å². The van der Waals surface area contributed by atoms with Crippen LogP contribution in [0.3, 0.4) is 0 Å². The molecule has 2 amide bonds. The van der Waals surface area contributed by atoms with Crippen molar-refractivity contribution in [2.24, 2.45) is 0 Å². The Kier molecular flexibility index (Phi) is 5.68. The molecule has 2 aliphatic rings. The van der Waals surface area contributed by atoms with E-state index < -0.39 is 5.54 Å². The zero-order valence-corrected chi connectivity index (χ0v) is 20.3. The Bertz CT molecular complexity index is 1340. The molecule has 1 aromatic carbocycles. The number of pyridine rings is 1. The summed E-state index contributed by atoms with van der Waals surface area (Å²) in [6.07, 6.45) is 8.55. The largest absolute Gasteiger partial charge is 0.342 e. The highest BCUT2D eigenvalue weighted by Gasteiger charge is 2.59. The maximum atomic E-state index is 13.7. The van der Waals surface area contributed by atoms with Gasteiger partial charge in [0.1, 0.15) is 5.54 Å². The standard InChI is InChI=1S/C25H25N7O2S/c1-3-27-23(34)30-15-18(13-29-30)17-5-7-19(8-6-17)32-24(35)31(22(33)25(32)9-4-10-25)20-11-16(2)21(12-26)28-14-20/h5-8,11-15,26H,3-4,9-10H2,1-2H3,(H,27,34). The number of thiocarbonyl (C=S) groups is 1. The van der Waals surface area contributed by atoms with Crippen molar-refractivity contribution < 1.29 is 9.59 Å². The molecule has 35 heavy (non-hydrogen) atoms. The molecule has 0 bridgehead atoms. The van der Waals surface area contributed by atoms with Gasteiger partial charge in [-0.25, -0.2) is 4.79 Å². The zero-order valence-electron chi connectivity index (χ0n) is 19.5. The quantitative estimate of drug-likeness (QED) is 0.418. The number of rotatable bonds is 5. The van der Waals surface area contributed by atoms with Crippen LogP contribution in [0.5, 0.6) is 0 Å². The Labute approximate surface area is 208 Å². The summed E-state index contributed by atoms with van der Waals surface area (Å²) in [5.41, 5.74) is 3.87. The minimum atomic E-state index is -0.685. The minimum absolute atomic E-state index is 0.0372. The summed E-state index contributed by atoms with van der Waals surface area (Å²) < 4.78 is 1.28. The van der Waals surface area contributed by atoms with Gasteiger partial charge in [0.05, 0.1) is 23.8 Å². The number of hydrogen-bond acceptors (Lipinski definition) is 6. The molecule has 2 aromatic heterocycles. The summed E-state index contributed by atoms with van der Waals surface area (Å²) in [7, 11) is 0. The maximum absolute atomic E-state index is 13.7. The van der Waals surface area contributed by atoms with E-state index in [4.69, 9.17) is 17.6 Å². The van der Waals surface area contributed by atoms with Gasteiger partial charge in [0.2, 0.25) is 0 Å². The van der Waals surface area contributed by atoms with Crippen molar-refractivity contribution in [3.05, 3.63) is 60.2 Å². The number of benzene rings is 1. The third kappa shape index (κ3) is 3.61. The fourth-order valence-corrected chi connectivity index (χ4v) is 5.14. The minimum Gasteiger partial charge on any atom is -0.336 e. The van der Waals surface area contributed by atoms with Crippen LogP contribution in [0.1, 0.15) is 37.4 Å². The molecule has 5 rings (SSSR count). The third-order valence-corrected chi connectivity index (χ3v) is 7.03. The predicted molar refractivity (Wildman–Crippen MR) is 138 cm³/mol. The highest BCUT2D eigenvalue weighted by atomic mass is 32.1. The van der Waals surface area contributed by atoms with Crippen LogP contribution < -0.4 is 15.1 Å². The Morgan fingerprint density at radius 1 is 1.20 bits per heavy atom. The fourth-order valence-electron chi connectivity index (χ4n) is 4.67. The van der Waals surface area contributed by atoms with Crippen LogP contribution >= 0.6 is 12.2 Å². The van der Waals surface area contributed by atoms with E-state index in [0.29, 0.717) is 23.0 Å². The van der Waals surface area contributed by atoms with E-state index in [1.807, 2.05) is 49.1 Å². The Balaban J connectivity index is 1.46. The highest BCUT2D eigenvalue weighted by Crippen LogP contribution is 2.48. The molecular formula is C25H25N7O2S. The second kappa shape index (κ2) is 8.70. The average molecular weight is 488 g/mol. The van der Waals surface area contributed by atoms with E-state index in [1.165, 1.54) is 10.9 Å². The lowest BCUT2D eigenvalue weighted by Gasteiger charge is -2.43. The molecular weight excluding hydrogens is 462 g/mol. The first-order valence-electron chi connectivity index (χ1n) is 11.5. The normalized spacial score (nSPS) is 16.5. The first kappa shape index (κ1) is 22.9. The van der Waals surface area contributed by atoms with Crippen molar-refractivity contribution in [2.45, 2.75) is 38.6 Å². The molecule has 3 aromatic rings. The van der Waals surface area contributed by atoms with Crippen molar-refractivity contribution in [3.63, 3.8) is 0 Å². The predicted octanol–water partition coefficient (Wildman–Crippen LogP) is 3.89. The van der Waals surface area contributed by atoms with Gasteiger partial charge in [-0.15, -0.1) is 0 Å². The topological polar surface area (TPSA) is 107 Å². The number of carbonyl (C=O) groups is 2. The summed E-state index contributed by atoms with van der Waals surface area (Å²) >= 11 is 5.84. The number of anilines is 2. The van der Waals surface area contributed by atoms with E-state index >= 15 is 0 Å². The number of aromatic nitrogens is 3. The van der Waals surface area contributed by atoms with E-state index in [0.717, 1.165) is 41.6 Å². The number of nitrogens with one attached hydrogen (secondary N) is 2. The molecule has 1 saturated heterocycles. The monoisotopic (exact) mass is 487 g/mol. The molecule has 2 N–H and O–H groups in total. The Hall–Kier alpha value is -3.92. The SMILES string of the molecule is CCNC(=O)n1cc(-c2ccc(N3C(=S)N(c4cnc(C=N)c(C)c4)C(=O)C34CCC4)cc2)cn1. The summed E-state index contributed by atoms with van der Waals surface area (Å²) in [4.78, 5) is 33.5. The Morgan fingerprint density at radius 3 is 2.54 bits per heavy atom. The number of amides is 2. The molecule has 1 aliphatic heterocycles. The molecule has 0 unspecified atom stereocenters. The van der Waals surface area contributed by atoms with Crippen molar-refractivity contribution in [1.29, 1.82) is 5.41 Å². The van der Waals surface area contributed by atoms with Crippen LogP contribution in [0.25, 0.3) is 11.1 Å². The van der Waals surface area contributed by atoms with Crippen molar-refractivity contribution in [1.82, 2.24) is 20.1 Å². The van der Waals surface area contributed by atoms with Crippen LogP contribution in [-0.4, -0.2) is 50.1 Å². The lowest BCUT2D eigenvalue weighted by Crippen LogP contribution is -2.55. The molecule has 1 aliphatic carbocycles. The van der Waals surface area contributed by atoms with Crippen molar-refractivity contribution >= 4 is 46.9 Å². The number of hydrogen-bond donors (Lipinski definition) is 2. The van der Waals surface area contributed by atoms with Crippen LogP contribution in [0.4, 0.5) is 16.2 Å². The van der Waals surface area contributed by atoms with Gasteiger partial charge < -0.3 is 15.6 Å². The zero-order chi connectivity index (χ0) is 24.7. The number of carbonyl (C=O) groups excluding carboxylic acids is 2. The van der Waals surface area contributed by atoms with Crippen molar-refractivity contribution in [2.75, 3.05) is 16.3 Å². The molecule has 9 nitrogen and oxygen atoms in total. The molecule has 3 heterocycles. The first-order valence-corrected chi connectivity index (χ1v) is 11.9. The lowest BCUT2D eigenvalue weighted by atomic mass is 9.75. The molecule has 1 saturated carbocycles. The van der Waals surface area contributed by atoms with Gasteiger partial charge in [0.15, 0.2) is 5.11 Å². The van der Waals surface area contributed by atoms with E-state index in [9.17, 15) is 9.59 Å². The molecule has 0 radical (unpaired) electrons. The first-order chi connectivity index (χ1) is 16.9. The van der Waals surface area contributed by atoms with Gasteiger partial charge in [-0.05, 0) is 74.7 Å². The Morgan fingerprint density at radius 2 is 1.94 bits per heavy atom. The van der Waals surface area contributed by atoms with Crippen LogP contribution in [0, 0.1) is 12.3 Å². The van der Waals surface area contributed by atoms with Crippen LogP contribution in [0.15, 0.2) is 48.9 Å². The highest BCUT2D eigenvalue weighted by molar-refractivity contribution is 7.81. The summed E-state index contributed by atoms with van der Waals surface area (Å²) in [6.45, 7) is 4.25. The van der Waals surface area contributed by atoms with Crippen molar-refractivity contribution in [3.8, 4) is 11.1 Å². The molecule has 2 fully saturated rings. The number of aryl methyl sites for hydroxylation is 1. The van der Waals surface area contributed by atoms with Gasteiger partial charge in [0, 0.05) is 30.2 Å². The average Bonchev–Trinajstić information content (AvgIpc) is 3.40. The van der Waals surface area contributed by atoms with Gasteiger partial charge in [-0.1, -0.05) is 12.1 Å². The molecule has 1 spiro atoms. The molecule has 10 heteroatoms. The second-order valence-electron chi connectivity index (χ2n) is 8.74. The van der Waals surface area contributed by atoms with E-state index in [1.54, 1.807) is 23.5 Å². The van der Waals surface area contributed by atoms with Crippen LogP contribution in [0.2, 0.25) is 0 Å². The lowest BCUT2D eigenvalue weighted by molar-refractivity contribution is -0.123. The smallest absolute Gasteiger partial charge is 0.336 e. The summed E-state index contributed by atoms with van der Waals surface area (Å²) in [6, 6.07) is 9.36. The molecule has 0 atom stereocenters. The van der Waals surface area contributed by atoms with Gasteiger partial charge in [-0.3, -0.25) is 14.7 Å². The fraction of sp³-hybridized carbons (Fsp3) is 0.280. The van der Waals surface area contributed by atoms with E-state index in [2.05, 4.69) is 15.4 Å².